The van der Waals surface area contributed by atoms with E-state index in [9.17, 15) is 14.4 Å². The molecule has 4 heterocycles. The molecule has 4 atom stereocenters. The summed E-state index contributed by atoms with van der Waals surface area (Å²) in [6.07, 6.45) is 5.55. The second-order valence-corrected chi connectivity index (χ2v) is 10.8. The standard InChI is InChI=1S/C30H27N3O3/c1-29(2,3)27(35)25-24(26(34)21-13-8-9-17-31-21)30(19-11-5-6-12-20(19)32-28(30)36)23-16-15-18-10-4-7-14-22(18)33(23)25/h4-17,23-25H,1-3H3,(H,32,36)/t23-,24+,25+,30-/m1/s1. The summed E-state index contributed by atoms with van der Waals surface area (Å²) in [6.45, 7) is 5.60. The first-order valence-electron chi connectivity index (χ1n) is 12.2. The number of carbonyl (C=O) groups excluding carboxylic acids is 3. The smallest absolute Gasteiger partial charge is 0.238 e. The first-order valence-corrected chi connectivity index (χ1v) is 12.2. The Morgan fingerprint density at radius 1 is 0.972 bits per heavy atom. The summed E-state index contributed by atoms with van der Waals surface area (Å²) in [5.41, 5.74) is 1.44. The van der Waals surface area contributed by atoms with Crippen molar-refractivity contribution in [1.29, 1.82) is 0 Å². The minimum atomic E-state index is -1.29. The lowest BCUT2D eigenvalue weighted by atomic mass is 9.63. The maximum absolute atomic E-state index is 14.4. The molecule has 1 amide bonds. The number of para-hydroxylation sites is 2. The third-order valence-corrected chi connectivity index (χ3v) is 7.75. The van der Waals surface area contributed by atoms with Crippen LogP contribution in [0.1, 0.15) is 42.4 Å². The van der Waals surface area contributed by atoms with E-state index in [1.807, 2.05) is 86.4 Å². The molecule has 0 radical (unpaired) electrons. The summed E-state index contributed by atoms with van der Waals surface area (Å²) in [5.74, 6) is -1.61. The Labute approximate surface area is 210 Å². The Morgan fingerprint density at radius 2 is 1.69 bits per heavy atom. The molecule has 0 bridgehead atoms. The summed E-state index contributed by atoms with van der Waals surface area (Å²) in [7, 11) is 0. The number of hydrogen-bond donors (Lipinski definition) is 1. The fourth-order valence-corrected chi connectivity index (χ4v) is 6.23. The molecule has 0 aliphatic carbocycles. The molecule has 3 aliphatic rings. The number of ketones is 2. The fraction of sp³-hybridized carbons (Fsp3) is 0.267. The van der Waals surface area contributed by atoms with Gasteiger partial charge in [-0.05, 0) is 35.4 Å². The lowest BCUT2D eigenvalue weighted by Gasteiger charge is -2.38. The van der Waals surface area contributed by atoms with Gasteiger partial charge in [0.15, 0.2) is 11.6 Å². The van der Waals surface area contributed by atoms with Gasteiger partial charge < -0.3 is 10.2 Å². The summed E-state index contributed by atoms with van der Waals surface area (Å²) >= 11 is 0. The quantitative estimate of drug-likeness (QED) is 0.555. The zero-order valence-electron chi connectivity index (χ0n) is 20.4. The second kappa shape index (κ2) is 7.72. The van der Waals surface area contributed by atoms with Gasteiger partial charge in [-0.1, -0.05) is 75.4 Å². The lowest BCUT2D eigenvalue weighted by Crippen LogP contribution is -2.51. The number of pyridine rings is 1. The number of carbonyl (C=O) groups is 3. The van der Waals surface area contributed by atoms with E-state index in [1.165, 1.54) is 0 Å². The maximum Gasteiger partial charge on any atom is 0.238 e. The van der Waals surface area contributed by atoms with Crippen LogP contribution in [-0.2, 0) is 15.0 Å². The molecule has 1 N–H and O–H groups in total. The molecule has 1 saturated heterocycles. The van der Waals surface area contributed by atoms with E-state index in [4.69, 9.17) is 0 Å². The normalized spacial score (nSPS) is 25.8. The van der Waals surface area contributed by atoms with Crippen LogP contribution in [0.3, 0.4) is 0 Å². The minimum absolute atomic E-state index is 0.0825. The molecule has 2 aromatic carbocycles. The van der Waals surface area contributed by atoms with Crippen molar-refractivity contribution in [2.75, 3.05) is 10.2 Å². The van der Waals surface area contributed by atoms with Crippen LogP contribution >= 0.6 is 0 Å². The fourth-order valence-electron chi connectivity index (χ4n) is 6.23. The Hall–Kier alpha value is -4.06. The van der Waals surface area contributed by atoms with Crippen LogP contribution in [0.2, 0.25) is 0 Å². The third kappa shape index (κ3) is 2.90. The van der Waals surface area contributed by atoms with E-state index in [-0.39, 0.29) is 23.2 Å². The van der Waals surface area contributed by atoms with E-state index in [2.05, 4.69) is 10.3 Å². The Kier molecular flexibility index (Phi) is 4.80. The molecule has 1 spiro atoms. The zero-order chi connectivity index (χ0) is 25.2. The molecule has 6 rings (SSSR count). The molecule has 3 aliphatic heterocycles. The molecule has 6 heteroatoms. The third-order valence-electron chi connectivity index (χ3n) is 7.75. The van der Waals surface area contributed by atoms with Gasteiger partial charge >= 0.3 is 0 Å². The summed E-state index contributed by atoms with van der Waals surface area (Å²) in [6, 6.07) is 19.1. The van der Waals surface area contributed by atoms with Crippen molar-refractivity contribution < 1.29 is 14.4 Å². The average Bonchev–Trinajstić information content (AvgIpc) is 3.36. The van der Waals surface area contributed by atoms with E-state index in [0.29, 0.717) is 5.69 Å². The monoisotopic (exact) mass is 477 g/mol. The molecular weight excluding hydrogens is 450 g/mol. The van der Waals surface area contributed by atoms with Gasteiger partial charge in [-0.3, -0.25) is 19.4 Å². The predicted octanol–water partition coefficient (Wildman–Crippen LogP) is 4.67. The second-order valence-electron chi connectivity index (χ2n) is 10.8. The van der Waals surface area contributed by atoms with Crippen LogP contribution in [0.4, 0.5) is 11.4 Å². The highest BCUT2D eigenvalue weighted by atomic mass is 16.2. The van der Waals surface area contributed by atoms with E-state index < -0.39 is 28.8 Å². The molecule has 0 saturated carbocycles. The van der Waals surface area contributed by atoms with Crippen LogP contribution in [0, 0.1) is 11.3 Å². The van der Waals surface area contributed by atoms with Crippen molar-refractivity contribution in [2.45, 2.75) is 38.3 Å². The number of benzene rings is 2. The van der Waals surface area contributed by atoms with Crippen molar-refractivity contribution in [2.24, 2.45) is 11.3 Å². The molecule has 6 nitrogen and oxygen atoms in total. The molecule has 1 aromatic heterocycles. The number of amides is 1. The van der Waals surface area contributed by atoms with Crippen LogP contribution in [0.5, 0.6) is 0 Å². The van der Waals surface area contributed by atoms with Gasteiger partial charge in [0.05, 0.1) is 12.0 Å². The van der Waals surface area contributed by atoms with Gasteiger partial charge in [-0.25, -0.2) is 0 Å². The van der Waals surface area contributed by atoms with E-state index >= 15 is 0 Å². The maximum atomic E-state index is 14.4. The Morgan fingerprint density at radius 3 is 2.44 bits per heavy atom. The van der Waals surface area contributed by atoms with Crippen molar-refractivity contribution in [3.05, 3.63) is 95.8 Å². The van der Waals surface area contributed by atoms with Gasteiger partial charge in [0.1, 0.15) is 17.2 Å². The number of aromatic nitrogens is 1. The van der Waals surface area contributed by atoms with Crippen LogP contribution in [0.15, 0.2) is 79.0 Å². The largest absolute Gasteiger partial charge is 0.352 e. The number of nitrogens with zero attached hydrogens (tertiary/aromatic N) is 2. The summed E-state index contributed by atoms with van der Waals surface area (Å²) in [4.78, 5) is 49.2. The van der Waals surface area contributed by atoms with Gasteiger partial charge in [-0.2, -0.15) is 0 Å². The Balaban J connectivity index is 1.69. The van der Waals surface area contributed by atoms with Gasteiger partial charge in [-0.15, -0.1) is 0 Å². The SMILES string of the molecule is CC(C)(C)C(=O)[C@@H]1[C@@H](C(=O)c2ccccn2)[C@]2(C(=O)Nc3ccccc32)[C@H]2C=Cc3ccccc3N12. The zero-order valence-corrected chi connectivity index (χ0v) is 20.4. The van der Waals surface area contributed by atoms with Gasteiger partial charge in [0, 0.05) is 23.0 Å². The number of rotatable bonds is 3. The Bertz CT molecular complexity index is 1440. The highest BCUT2D eigenvalue weighted by Crippen LogP contribution is 2.58. The van der Waals surface area contributed by atoms with Gasteiger partial charge in [0.2, 0.25) is 5.91 Å². The molecular formula is C30H27N3O3. The topological polar surface area (TPSA) is 79.4 Å². The van der Waals surface area contributed by atoms with Crippen molar-refractivity contribution >= 4 is 34.9 Å². The molecule has 1 fully saturated rings. The minimum Gasteiger partial charge on any atom is -0.352 e. The summed E-state index contributed by atoms with van der Waals surface area (Å²) in [5, 5.41) is 3.04. The molecule has 3 aromatic rings. The van der Waals surface area contributed by atoms with Crippen molar-refractivity contribution in [1.82, 2.24) is 4.98 Å². The highest BCUT2D eigenvalue weighted by Gasteiger charge is 2.70. The van der Waals surface area contributed by atoms with E-state index in [0.717, 1.165) is 16.8 Å². The number of fused-ring (bicyclic) bond motifs is 6. The molecule has 0 unspecified atom stereocenters. The van der Waals surface area contributed by atoms with Crippen LogP contribution < -0.4 is 10.2 Å². The number of Topliss-reactive ketones (excluding diaryl/α,β-unsaturated/α-hetero) is 2. The average molecular weight is 478 g/mol. The molecule has 180 valence electrons. The number of anilines is 2. The van der Waals surface area contributed by atoms with Crippen LogP contribution in [-0.4, -0.2) is 34.5 Å². The first-order chi connectivity index (χ1) is 17.3. The predicted molar refractivity (Wildman–Crippen MR) is 139 cm³/mol. The highest BCUT2D eigenvalue weighted by molar-refractivity contribution is 6.16. The van der Waals surface area contributed by atoms with Crippen molar-refractivity contribution in [3.63, 3.8) is 0 Å². The van der Waals surface area contributed by atoms with E-state index in [1.54, 1.807) is 24.4 Å². The lowest BCUT2D eigenvalue weighted by molar-refractivity contribution is -0.128. The molecule has 36 heavy (non-hydrogen) atoms. The van der Waals surface area contributed by atoms with Crippen LogP contribution in [0.25, 0.3) is 6.08 Å². The van der Waals surface area contributed by atoms with Crippen molar-refractivity contribution in [3.8, 4) is 0 Å². The van der Waals surface area contributed by atoms with Gasteiger partial charge in [0.25, 0.3) is 0 Å². The number of hydrogen-bond acceptors (Lipinski definition) is 5. The number of nitrogens with one attached hydrogen (secondary N) is 1. The first kappa shape index (κ1) is 22.4. The summed E-state index contributed by atoms with van der Waals surface area (Å²) < 4.78 is 0.